The van der Waals surface area contributed by atoms with E-state index in [1.54, 1.807) is 0 Å². The second-order valence-corrected chi connectivity index (χ2v) is 5.83. The molecule has 0 heterocycles. The van der Waals surface area contributed by atoms with Crippen LogP contribution in [0, 0.1) is 0 Å². The molecule has 0 fully saturated rings. The van der Waals surface area contributed by atoms with Gasteiger partial charge in [0.05, 0.1) is 0 Å². The standard InChI is InChI=1S/C18H10O6/c19-13-9-5-1-2-6-10(9)14(20)17(13,23)18(24)15(21)11-7-3-4-8-12(11)16(18)22/h1-8,23-24H. The zero-order chi connectivity index (χ0) is 17.3. The average molecular weight is 322 g/mol. The first kappa shape index (κ1) is 14.6. The van der Waals surface area contributed by atoms with Crippen LogP contribution in [0.4, 0.5) is 0 Å². The van der Waals surface area contributed by atoms with E-state index in [0.717, 1.165) is 0 Å². The number of fused-ring (bicyclic) bond motifs is 2. The highest BCUT2D eigenvalue weighted by Gasteiger charge is 2.73. The first-order valence-corrected chi connectivity index (χ1v) is 7.17. The molecule has 6 nitrogen and oxygen atoms in total. The van der Waals surface area contributed by atoms with Gasteiger partial charge in [0.25, 0.3) is 0 Å². The minimum atomic E-state index is -3.16. The van der Waals surface area contributed by atoms with E-state index in [4.69, 9.17) is 0 Å². The van der Waals surface area contributed by atoms with Crippen molar-refractivity contribution in [2.75, 3.05) is 0 Å². The fourth-order valence-corrected chi connectivity index (χ4v) is 3.40. The van der Waals surface area contributed by atoms with Gasteiger partial charge < -0.3 is 10.2 Å². The summed E-state index contributed by atoms with van der Waals surface area (Å²) in [6, 6.07) is 11.1. The molecule has 0 aromatic heterocycles. The number of hydrogen-bond donors (Lipinski definition) is 2. The number of rotatable bonds is 1. The van der Waals surface area contributed by atoms with Crippen LogP contribution in [0.2, 0.25) is 0 Å². The van der Waals surface area contributed by atoms with E-state index in [2.05, 4.69) is 0 Å². The Morgan fingerprint density at radius 2 is 0.708 bits per heavy atom. The van der Waals surface area contributed by atoms with Crippen molar-refractivity contribution >= 4 is 23.1 Å². The van der Waals surface area contributed by atoms with Crippen LogP contribution in [0.5, 0.6) is 0 Å². The van der Waals surface area contributed by atoms with E-state index in [1.807, 2.05) is 0 Å². The van der Waals surface area contributed by atoms with Crippen LogP contribution in [-0.4, -0.2) is 44.5 Å². The van der Waals surface area contributed by atoms with Crippen molar-refractivity contribution in [3.8, 4) is 0 Å². The van der Waals surface area contributed by atoms with Crippen LogP contribution in [0.25, 0.3) is 0 Å². The van der Waals surface area contributed by atoms with Gasteiger partial charge in [0.1, 0.15) is 0 Å². The minimum absolute atomic E-state index is 0.130. The monoisotopic (exact) mass is 322 g/mol. The largest absolute Gasteiger partial charge is 0.371 e. The number of aliphatic hydroxyl groups is 2. The fourth-order valence-electron chi connectivity index (χ4n) is 3.40. The number of carbonyl (C=O) groups excluding carboxylic acids is 4. The van der Waals surface area contributed by atoms with Gasteiger partial charge in [0.15, 0.2) is 0 Å². The Bertz CT molecular complexity index is 821. The van der Waals surface area contributed by atoms with Crippen molar-refractivity contribution in [1.29, 1.82) is 0 Å². The van der Waals surface area contributed by atoms with Crippen molar-refractivity contribution < 1.29 is 29.4 Å². The first-order chi connectivity index (χ1) is 11.3. The molecule has 2 N–H and O–H groups in total. The molecule has 0 bridgehead atoms. The lowest BCUT2D eigenvalue weighted by molar-refractivity contribution is -0.0585. The van der Waals surface area contributed by atoms with Gasteiger partial charge in [-0.1, -0.05) is 48.5 Å². The highest BCUT2D eigenvalue weighted by atomic mass is 16.4. The molecule has 0 unspecified atom stereocenters. The normalized spacial score (nSPS) is 20.2. The SMILES string of the molecule is O=C1c2ccccc2C(=O)C1(O)C1(O)C(=O)c2ccccc2C1=O. The fraction of sp³-hybridized carbons (Fsp3) is 0.111. The van der Waals surface area contributed by atoms with Gasteiger partial charge in [-0.05, 0) is 0 Å². The van der Waals surface area contributed by atoms with Crippen molar-refractivity contribution in [1.82, 2.24) is 0 Å². The van der Waals surface area contributed by atoms with Crippen LogP contribution < -0.4 is 0 Å². The molecule has 24 heavy (non-hydrogen) atoms. The predicted molar refractivity (Wildman–Crippen MR) is 80.1 cm³/mol. The van der Waals surface area contributed by atoms with Crippen molar-refractivity contribution in [3.63, 3.8) is 0 Å². The summed E-state index contributed by atoms with van der Waals surface area (Å²) >= 11 is 0. The summed E-state index contributed by atoms with van der Waals surface area (Å²) in [4.78, 5) is 50.5. The lowest BCUT2D eigenvalue weighted by Crippen LogP contribution is -2.67. The molecule has 2 aromatic rings. The molecule has 2 aliphatic carbocycles. The third kappa shape index (κ3) is 1.34. The van der Waals surface area contributed by atoms with Gasteiger partial charge >= 0.3 is 0 Å². The molecule has 0 aliphatic heterocycles. The molecule has 0 amide bonds. The van der Waals surface area contributed by atoms with Crippen LogP contribution in [0.1, 0.15) is 41.4 Å². The Hall–Kier alpha value is -2.96. The molecule has 0 radical (unpaired) electrons. The lowest BCUT2D eigenvalue weighted by atomic mass is 9.75. The Kier molecular flexibility index (Phi) is 2.63. The third-order valence-corrected chi connectivity index (χ3v) is 4.67. The van der Waals surface area contributed by atoms with E-state index in [1.165, 1.54) is 48.5 Å². The maximum Gasteiger partial charge on any atom is 0.235 e. The van der Waals surface area contributed by atoms with E-state index < -0.39 is 34.3 Å². The van der Waals surface area contributed by atoms with E-state index in [9.17, 15) is 29.4 Å². The molecule has 0 atom stereocenters. The molecule has 6 heteroatoms. The van der Waals surface area contributed by atoms with Crippen LogP contribution in [0.15, 0.2) is 48.5 Å². The van der Waals surface area contributed by atoms with Crippen molar-refractivity contribution in [2.45, 2.75) is 11.2 Å². The van der Waals surface area contributed by atoms with Crippen LogP contribution in [0.3, 0.4) is 0 Å². The Balaban J connectivity index is 1.97. The predicted octanol–water partition coefficient (Wildman–Crippen LogP) is 0.607. The Labute approximate surface area is 135 Å². The molecular weight excluding hydrogens is 312 g/mol. The van der Waals surface area contributed by atoms with Gasteiger partial charge in [-0.15, -0.1) is 0 Å². The second-order valence-electron chi connectivity index (χ2n) is 5.83. The third-order valence-electron chi connectivity index (χ3n) is 4.67. The van der Waals surface area contributed by atoms with Gasteiger partial charge in [0, 0.05) is 22.3 Å². The molecule has 4 rings (SSSR count). The van der Waals surface area contributed by atoms with Gasteiger partial charge in [-0.3, -0.25) is 19.2 Å². The molecule has 2 aliphatic rings. The first-order valence-electron chi connectivity index (χ1n) is 7.17. The van der Waals surface area contributed by atoms with Gasteiger partial charge in [0.2, 0.25) is 34.3 Å². The summed E-state index contributed by atoms with van der Waals surface area (Å²) in [7, 11) is 0. The summed E-state index contributed by atoms with van der Waals surface area (Å²) in [5.74, 6) is -4.61. The number of ketones is 4. The Morgan fingerprint density at radius 3 is 0.917 bits per heavy atom. The zero-order valence-corrected chi connectivity index (χ0v) is 12.1. The summed E-state index contributed by atoms with van der Waals surface area (Å²) in [6.45, 7) is 0. The maximum atomic E-state index is 12.6. The lowest BCUT2D eigenvalue weighted by Gasteiger charge is -2.32. The number of Topliss-reactive ketones (excluding diaryl/α,β-unsaturated/α-hetero) is 4. The van der Waals surface area contributed by atoms with Crippen molar-refractivity contribution in [3.05, 3.63) is 70.8 Å². The van der Waals surface area contributed by atoms with E-state index in [-0.39, 0.29) is 22.3 Å². The van der Waals surface area contributed by atoms with Crippen LogP contribution >= 0.6 is 0 Å². The molecule has 2 aromatic carbocycles. The number of hydrogen-bond acceptors (Lipinski definition) is 6. The molecular formula is C18H10O6. The molecule has 118 valence electrons. The highest BCUT2D eigenvalue weighted by molar-refractivity contribution is 6.43. The number of benzene rings is 2. The van der Waals surface area contributed by atoms with E-state index >= 15 is 0 Å². The summed E-state index contributed by atoms with van der Waals surface area (Å²) < 4.78 is 0. The highest BCUT2D eigenvalue weighted by Crippen LogP contribution is 2.44. The van der Waals surface area contributed by atoms with Gasteiger partial charge in [-0.2, -0.15) is 0 Å². The maximum absolute atomic E-state index is 12.6. The summed E-state index contributed by atoms with van der Waals surface area (Å²) in [5, 5.41) is 21.7. The van der Waals surface area contributed by atoms with Gasteiger partial charge in [-0.25, -0.2) is 0 Å². The Morgan fingerprint density at radius 1 is 0.500 bits per heavy atom. The molecule has 0 saturated carbocycles. The minimum Gasteiger partial charge on any atom is -0.371 e. The smallest absolute Gasteiger partial charge is 0.235 e. The quantitative estimate of drug-likeness (QED) is 0.745. The van der Waals surface area contributed by atoms with Crippen LogP contribution in [-0.2, 0) is 0 Å². The number of carbonyl (C=O) groups is 4. The van der Waals surface area contributed by atoms with Crippen molar-refractivity contribution in [2.24, 2.45) is 0 Å². The van der Waals surface area contributed by atoms with E-state index in [0.29, 0.717) is 0 Å². The summed E-state index contributed by atoms with van der Waals surface area (Å²) in [5.41, 5.74) is -6.84. The second kappa shape index (κ2) is 4.31. The molecule has 0 saturated heterocycles. The molecule has 0 spiro atoms. The zero-order valence-electron chi connectivity index (χ0n) is 12.1. The topological polar surface area (TPSA) is 109 Å². The average Bonchev–Trinajstić information content (AvgIpc) is 2.94. The summed E-state index contributed by atoms with van der Waals surface area (Å²) in [6.07, 6.45) is 0.